The van der Waals surface area contributed by atoms with Gasteiger partial charge >= 0.3 is 0 Å². The molecule has 0 aliphatic heterocycles. The van der Waals surface area contributed by atoms with Crippen LogP contribution in [0.15, 0.2) is 11.1 Å². The summed E-state index contributed by atoms with van der Waals surface area (Å²) in [6, 6.07) is 0. The van der Waals surface area contributed by atoms with Gasteiger partial charge in [-0.05, 0) is 6.26 Å². The first-order chi connectivity index (χ1) is 6.27. The Balaban J connectivity index is 2.57. The van der Waals surface area contributed by atoms with Crippen LogP contribution in [0.1, 0.15) is 0 Å². The van der Waals surface area contributed by atoms with Crippen molar-refractivity contribution >= 4 is 23.5 Å². The van der Waals surface area contributed by atoms with E-state index in [1.807, 2.05) is 6.26 Å². The van der Waals surface area contributed by atoms with Gasteiger partial charge in [-0.25, -0.2) is 0 Å². The Labute approximate surface area is 80.2 Å². The lowest BCUT2D eigenvalue weighted by Gasteiger charge is -2.02. The second-order valence-electron chi connectivity index (χ2n) is 2.29. The van der Waals surface area contributed by atoms with Crippen LogP contribution in [0.2, 0.25) is 0 Å². The molecule has 1 aromatic heterocycles. The van der Waals surface area contributed by atoms with E-state index in [4.69, 9.17) is 0 Å². The maximum atomic E-state index is 11.1. The highest BCUT2D eigenvalue weighted by Gasteiger charge is 2.07. The molecule has 6 heteroatoms. The van der Waals surface area contributed by atoms with Crippen molar-refractivity contribution in [1.82, 2.24) is 10.2 Å². The van der Waals surface area contributed by atoms with Gasteiger partial charge in [0.25, 0.3) is 5.91 Å². The fraction of sp³-hybridized carbons (Fsp3) is 0.429. The Morgan fingerprint density at radius 3 is 3.23 bits per heavy atom. The van der Waals surface area contributed by atoms with Gasteiger partial charge in [0.05, 0.1) is 11.1 Å². The first-order valence-electron chi connectivity index (χ1n) is 3.64. The van der Waals surface area contributed by atoms with E-state index >= 15 is 0 Å². The highest BCUT2D eigenvalue weighted by molar-refractivity contribution is 7.98. The summed E-state index contributed by atoms with van der Waals surface area (Å²) < 4.78 is 4.67. The summed E-state index contributed by atoms with van der Waals surface area (Å²) in [5.41, 5.74) is 0. The Hall–Kier alpha value is -1.01. The van der Waals surface area contributed by atoms with Gasteiger partial charge in [0.1, 0.15) is 12.4 Å². The molecule has 1 heterocycles. The summed E-state index contributed by atoms with van der Waals surface area (Å²) in [6.07, 6.45) is 3.57. The van der Waals surface area contributed by atoms with Crippen LogP contribution in [0.25, 0.3) is 0 Å². The third-order valence-electron chi connectivity index (χ3n) is 1.36. The standard InChI is InChI=1S/C7H11N3O2S/c1-12-4-6(11)9-7-5(13-2)3-8-10-7/h3H,4H2,1-2H3,(H2,8,9,10,11). The Morgan fingerprint density at radius 2 is 2.62 bits per heavy atom. The van der Waals surface area contributed by atoms with Crippen LogP contribution >= 0.6 is 11.8 Å². The molecule has 0 aliphatic carbocycles. The summed E-state index contributed by atoms with van der Waals surface area (Å²) in [5, 5.41) is 9.13. The summed E-state index contributed by atoms with van der Waals surface area (Å²) in [6.45, 7) is 0.0485. The SMILES string of the molecule is COCC(=O)Nc1[nH]ncc1SC. The van der Waals surface area contributed by atoms with Gasteiger partial charge in [0.15, 0.2) is 0 Å². The van der Waals surface area contributed by atoms with E-state index in [-0.39, 0.29) is 12.5 Å². The number of methoxy groups -OCH3 is 1. The number of carbonyl (C=O) groups is 1. The molecule has 1 amide bonds. The van der Waals surface area contributed by atoms with Gasteiger partial charge in [0.2, 0.25) is 0 Å². The minimum Gasteiger partial charge on any atom is -0.375 e. The third-order valence-corrected chi connectivity index (χ3v) is 2.11. The van der Waals surface area contributed by atoms with Crippen molar-refractivity contribution in [2.24, 2.45) is 0 Å². The Morgan fingerprint density at radius 1 is 1.85 bits per heavy atom. The fourth-order valence-electron chi connectivity index (χ4n) is 0.826. The molecule has 13 heavy (non-hydrogen) atoms. The Kier molecular flexibility index (Phi) is 3.78. The van der Waals surface area contributed by atoms with E-state index in [0.29, 0.717) is 5.82 Å². The van der Waals surface area contributed by atoms with E-state index < -0.39 is 0 Å². The summed E-state index contributed by atoms with van der Waals surface area (Å²) in [5.74, 6) is 0.427. The highest BCUT2D eigenvalue weighted by atomic mass is 32.2. The van der Waals surface area contributed by atoms with Crippen LogP contribution in [0.4, 0.5) is 5.82 Å². The largest absolute Gasteiger partial charge is 0.375 e. The molecule has 0 saturated heterocycles. The number of anilines is 1. The lowest BCUT2D eigenvalue weighted by molar-refractivity contribution is -0.119. The number of amides is 1. The predicted octanol–water partition coefficient (Wildman–Crippen LogP) is 0.716. The first-order valence-corrected chi connectivity index (χ1v) is 4.86. The van der Waals surface area contributed by atoms with Crippen LogP contribution in [0, 0.1) is 0 Å². The first kappa shape index (κ1) is 10.1. The second kappa shape index (κ2) is 4.88. The number of hydrogen-bond acceptors (Lipinski definition) is 4. The number of aromatic amines is 1. The van der Waals surface area contributed by atoms with Gasteiger partial charge in [-0.3, -0.25) is 9.89 Å². The molecule has 0 aromatic carbocycles. The van der Waals surface area contributed by atoms with Crippen molar-refractivity contribution < 1.29 is 9.53 Å². The zero-order chi connectivity index (χ0) is 9.68. The topological polar surface area (TPSA) is 67.0 Å². The summed E-state index contributed by atoms with van der Waals surface area (Å²) in [4.78, 5) is 12.0. The van der Waals surface area contributed by atoms with Crippen molar-refractivity contribution in [3.05, 3.63) is 6.20 Å². The predicted molar refractivity (Wildman–Crippen MR) is 50.9 cm³/mol. The zero-order valence-corrected chi connectivity index (χ0v) is 8.27. The summed E-state index contributed by atoms with van der Waals surface area (Å²) >= 11 is 1.51. The number of H-pyrrole nitrogens is 1. The van der Waals surface area contributed by atoms with Crippen LogP contribution in [0.5, 0.6) is 0 Å². The summed E-state index contributed by atoms with van der Waals surface area (Å²) in [7, 11) is 1.47. The minimum absolute atomic E-state index is 0.0485. The fourth-order valence-corrected chi connectivity index (χ4v) is 1.28. The van der Waals surface area contributed by atoms with Gasteiger partial charge in [0, 0.05) is 7.11 Å². The van der Waals surface area contributed by atoms with Crippen molar-refractivity contribution in [1.29, 1.82) is 0 Å². The number of rotatable bonds is 4. The van der Waals surface area contributed by atoms with Crippen molar-refractivity contribution in [3.8, 4) is 0 Å². The molecule has 1 rings (SSSR count). The van der Waals surface area contributed by atoms with Crippen molar-refractivity contribution in [2.45, 2.75) is 4.90 Å². The normalized spacial score (nSPS) is 10.0. The van der Waals surface area contributed by atoms with E-state index in [9.17, 15) is 4.79 Å². The molecule has 0 unspecified atom stereocenters. The number of hydrogen-bond donors (Lipinski definition) is 2. The van der Waals surface area contributed by atoms with Crippen molar-refractivity contribution in [3.63, 3.8) is 0 Å². The second-order valence-corrected chi connectivity index (χ2v) is 3.14. The van der Waals surface area contributed by atoms with Gasteiger partial charge in [-0.15, -0.1) is 11.8 Å². The lowest BCUT2D eigenvalue weighted by atomic mass is 10.5. The molecule has 72 valence electrons. The quantitative estimate of drug-likeness (QED) is 0.704. The monoisotopic (exact) mass is 201 g/mol. The van der Waals surface area contributed by atoms with E-state index in [1.165, 1.54) is 18.9 Å². The number of ether oxygens (including phenoxy) is 1. The lowest BCUT2D eigenvalue weighted by Crippen LogP contribution is -2.17. The smallest absolute Gasteiger partial charge is 0.251 e. The molecule has 1 aromatic rings. The van der Waals surface area contributed by atoms with Crippen molar-refractivity contribution in [2.75, 3.05) is 25.3 Å². The minimum atomic E-state index is -0.193. The highest BCUT2D eigenvalue weighted by Crippen LogP contribution is 2.21. The molecule has 0 saturated carbocycles. The van der Waals surface area contributed by atoms with Gasteiger partial charge < -0.3 is 10.1 Å². The van der Waals surface area contributed by atoms with Gasteiger partial charge in [-0.1, -0.05) is 0 Å². The maximum Gasteiger partial charge on any atom is 0.251 e. The molecular weight excluding hydrogens is 190 g/mol. The third kappa shape index (κ3) is 2.74. The molecule has 0 spiro atoms. The average molecular weight is 201 g/mol. The molecule has 0 bridgehead atoms. The zero-order valence-electron chi connectivity index (χ0n) is 7.46. The maximum absolute atomic E-state index is 11.1. The van der Waals surface area contributed by atoms with Crippen LogP contribution in [-0.4, -0.2) is 36.1 Å². The molecular formula is C7H11N3O2S. The van der Waals surface area contributed by atoms with Crippen LogP contribution in [0.3, 0.4) is 0 Å². The molecule has 2 N–H and O–H groups in total. The Bertz CT molecular complexity index is 287. The molecule has 5 nitrogen and oxygen atoms in total. The van der Waals surface area contributed by atoms with Gasteiger partial charge in [-0.2, -0.15) is 5.10 Å². The van der Waals surface area contributed by atoms with E-state index in [0.717, 1.165) is 4.90 Å². The van der Waals surface area contributed by atoms with E-state index in [2.05, 4.69) is 20.3 Å². The number of aromatic nitrogens is 2. The number of carbonyl (C=O) groups excluding carboxylic acids is 1. The number of nitrogens with one attached hydrogen (secondary N) is 2. The van der Waals surface area contributed by atoms with Crippen LogP contribution < -0.4 is 5.32 Å². The molecule has 0 atom stereocenters. The number of thioether (sulfide) groups is 1. The molecule has 0 aliphatic rings. The molecule has 0 radical (unpaired) electrons. The number of nitrogens with zero attached hydrogens (tertiary/aromatic N) is 1. The average Bonchev–Trinajstić information content (AvgIpc) is 2.52. The molecule has 0 fully saturated rings. The van der Waals surface area contributed by atoms with Crippen LogP contribution in [-0.2, 0) is 9.53 Å². The van der Waals surface area contributed by atoms with E-state index in [1.54, 1.807) is 6.20 Å².